The van der Waals surface area contributed by atoms with E-state index in [4.69, 9.17) is 0 Å². The van der Waals surface area contributed by atoms with Gasteiger partial charge in [-0.2, -0.15) is 0 Å². The minimum Gasteiger partial charge on any atom is -0.336 e. The zero-order valence-electron chi connectivity index (χ0n) is 13.7. The average molecular weight is 323 g/mol. The van der Waals surface area contributed by atoms with Crippen LogP contribution in [0.4, 0.5) is 11.4 Å². The summed E-state index contributed by atoms with van der Waals surface area (Å²) in [6.45, 7) is 3.29. The van der Waals surface area contributed by atoms with Crippen molar-refractivity contribution in [3.05, 3.63) is 48.0 Å². The number of carbonyl (C=O) groups is 1. The van der Waals surface area contributed by atoms with Crippen LogP contribution < -0.4 is 21.3 Å². The fraction of sp³-hybridized carbons (Fsp3) is 0.278. The van der Waals surface area contributed by atoms with Gasteiger partial charge in [0.2, 0.25) is 0 Å². The van der Waals surface area contributed by atoms with E-state index in [0.29, 0.717) is 0 Å². The number of piperazine rings is 1. The Morgan fingerprint density at radius 2 is 1.71 bits per heavy atom. The van der Waals surface area contributed by atoms with Crippen LogP contribution in [0.15, 0.2) is 42.5 Å². The monoisotopic (exact) mass is 323 g/mol. The third-order valence-electron chi connectivity index (χ3n) is 4.59. The first kappa shape index (κ1) is 15.0. The van der Waals surface area contributed by atoms with Gasteiger partial charge in [0.05, 0.1) is 11.4 Å². The first-order valence-corrected chi connectivity index (χ1v) is 8.22. The van der Waals surface area contributed by atoms with Gasteiger partial charge in [-0.1, -0.05) is 18.2 Å². The number of hydrogen-bond acceptors (Lipinski definition) is 5. The molecule has 2 aliphatic rings. The number of rotatable bonds is 2. The molecule has 3 N–H and O–H groups in total. The standard InChI is InChI=1S/C18H21N5O/c1-22-17-7-6-15(12-16(17)20-21-22)13-2-4-14(5-3-13)18(24)23-10-8-19-9-11-23/h2-7,12,19-21H,8-11H2,1H3. The first-order chi connectivity index (χ1) is 11.7. The number of nitrogens with one attached hydrogen (secondary N) is 3. The maximum Gasteiger partial charge on any atom is 0.253 e. The molecule has 0 atom stereocenters. The molecule has 0 aromatic heterocycles. The van der Waals surface area contributed by atoms with Crippen molar-refractivity contribution in [3.8, 4) is 11.1 Å². The summed E-state index contributed by atoms with van der Waals surface area (Å²) in [5.41, 5.74) is 11.3. The second kappa shape index (κ2) is 6.14. The van der Waals surface area contributed by atoms with Crippen LogP contribution in [0, 0.1) is 0 Å². The van der Waals surface area contributed by atoms with E-state index >= 15 is 0 Å². The number of amides is 1. The number of hydrogen-bond donors (Lipinski definition) is 3. The summed E-state index contributed by atoms with van der Waals surface area (Å²) in [6.07, 6.45) is 0. The summed E-state index contributed by atoms with van der Waals surface area (Å²) in [7, 11) is 1.97. The lowest BCUT2D eigenvalue weighted by Crippen LogP contribution is -2.46. The zero-order chi connectivity index (χ0) is 16.5. The molecule has 0 unspecified atom stereocenters. The second-order valence-electron chi connectivity index (χ2n) is 6.15. The lowest BCUT2D eigenvalue weighted by Gasteiger charge is -2.27. The summed E-state index contributed by atoms with van der Waals surface area (Å²) in [4.78, 5) is 14.4. The maximum atomic E-state index is 12.5. The fourth-order valence-electron chi connectivity index (χ4n) is 3.17. The Morgan fingerprint density at radius 3 is 2.46 bits per heavy atom. The van der Waals surface area contributed by atoms with E-state index in [1.165, 1.54) is 0 Å². The number of hydrazine groups is 2. The molecular weight excluding hydrogens is 302 g/mol. The molecule has 2 aliphatic heterocycles. The Labute approximate surface area is 141 Å². The highest BCUT2D eigenvalue weighted by molar-refractivity contribution is 5.95. The summed E-state index contributed by atoms with van der Waals surface area (Å²) in [6, 6.07) is 14.2. The van der Waals surface area contributed by atoms with Crippen LogP contribution in [0.2, 0.25) is 0 Å². The molecule has 1 fully saturated rings. The molecule has 124 valence electrons. The third-order valence-corrected chi connectivity index (χ3v) is 4.59. The van der Waals surface area contributed by atoms with Gasteiger partial charge in [-0.25, -0.2) is 0 Å². The Hall–Kier alpha value is -2.57. The normalized spacial score (nSPS) is 16.7. The minimum atomic E-state index is 0.115. The third kappa shape index (κ3) is 2.70. The number of fused-ring (bicyclic) bond motifs is 1. The van der Waals surface area contributed by atoms with E-state index in [2.05, 4.69) is 34.5 Å². The Bertz CT molecular complexity index is 753. The topological polar surface area (TPSA) is 59.6 Å². The van der Waals surface area contributed by atoms with Crippen molar-refractivity contribution < 1.29 is 4.79 Å². The van der Waals surface area contributed by atoms with Crippen LogP contribution in [-0.2, 0) is 0 Å². The van der Waals surface area contributed by atoms with Crippen molar-refractivity contribution in [2.75, 3.05) is 43.7 Å². The van der Waals surface area contributed by atoms with Gasteiger partial charge >= 0.3 is 0 Å². The Kier molecular flexibility index (Phi) is 3.84. The van der Waals surface area contributed by atoms with E-state index in [9.17, 15) is 4.79 Å². The molecule has 4 rings (SSSR count). The Morgan fingerprint density at radius 1 is 1.00 bits per heavy atom. The SMILES string of the molecule is CN1NNc2cc(-c3ccc(C(=O)N4CCNCC4)cc3)ccc21. The molecule has 2 heterocycles. The molecule has 0 saturated carbocycles. The summed E-state index contributed by atoms with van der Waals surface area (Å²) < 4.78 is 0. The van der Waals surface area contributed by atoms with Gasteiger partial charge in [-0.15, -0.1) is 5.53 Å². The van der Waals surface area contributed by atoms with E-state index in [1.54, 1.807) is 0 Å². The number of benzene rings is 2. The minimum absolute atomic E-state index is 0.115. The van der Waals surface area contributed by atoms with E-state index in [0.717, 1.165) is 54.2 Å². The van der Waals surface area contributed by atoms with Crippen molar-refractivity contribution in [1.82, 2.24) is 15.8 Å². The molecule has 2 aromatic carbocycles. The molecule has 24 heavy (non-hydrogen) atoms. The van der Waals surface area contributed by atoms with Crippen molar-refractivity contribution in [2.45, 2.75) is 0 Å². The van der Waals surface area contributed by atoms with Crippen LogP contribution >= 0.6 is 0 Å². The first-order valence-electron chi connectivity index (χ1n) is 8.22. The van der Waals surface area contributed by atoms with Crippen LogP contribution in [0.25, 0.3) is 11.1 Å². The van der Waals surface area contributed by atoms with Crippen molar-refractivity contribution in [3.63, 3.8) is 0 Å². The lowest BCUT2D eigenvalue weighted by molar-refractivity contribution is 0.0736. The van der Waals surface area contributed by atoms with Gasteiger partial charge in [0.25, 0.3) is 5.91 Å². The highest BCUT2D eigenvalue weighted by atomic mass is 16.2. The summed E-state index contributed by atoms with van der Waals surface area (Å²) >= 11 is 0. The van der Waals surface area contributed by atoms with Crippen LogP contribution in [0.5, 0.6) is 0 Å². The van der Waals surface area contributed by atoms with Crippen LogP contribution in [0.3, 0.4) is 0 Å². The van der Waals surface area contributed by atoms with E-state index < -0.39 is 0 Å². The van der Waals surface area contributed by atoms with E-state index in [1.807, 2.05) is 41.2 Å². The predicted molar refractivity (Wildman–Crippen MR) is 95.8 cm³/mol. The molecule has 1 amide bonds. The number of nitrogens with zero attached hydrogens (tertiary/aromatic N) is 2. The van der Waals surface area contributed by atoms with Gasteiger partial charge in [0.1, 0.15) is 0 Å². The molecule has 0 radical (unpaired) electrons. The quantitative estimate of drug-likeness (QED) is 0.785. The lowest BCUT2D eigenvalue weighted by atomic mass is 10.0. The van der Waals surface area contributed by atoms with Gasteiger partial charge in [-0.3, -0.25) is 9.80 Å². The van der Waals surface area contributed by atoms with E-state index in [-0.39, 0.29) is 5.91 Å². The predicted octanol–water partition coefficient (Wildman–Crippen LogP) is 1.68. The number of anilines is 2. The summed E-state index contributed by atoms with van der Waals surface area (Å²) in [5, 5.41) is 5.21. The van der Waals surface area contributed by atoms with Crippen molar-refractivity contribution in [1.29, 1.82) is 0 Å². The average Bonchev–Trinajstić information content (AvgIpc) is 3.02. The number of carbonyl (C=O) groups excluding carboxylic acids is 1. The van der Waals surface area contributed by atoms with Gasteiger partial charge in [0, 0.05) is 38.8 Å². The highest BCUT2D eigenvalue weighted by Crippen LogP contribution is 2.32. The second-order valence-corrected chi connectivity index (χ2v) is 6.15. The molecule has 0 spiro atoms. The molecule has 0 aliphatic carbocycles. The molecular formula is C18H21N5O. The molecule has 6 heteroatoms. The molecule has 6 nitrogen and oxygen atoms in total. The van der Waals surface area contributed by atoms with Crippen molar-refractivity contribution in [2.24, 2.45) is 0 Å². The Balaban J connectivity index is 1.54. The van der Waals surface area contributed by atoms with Crippen molar-refractivity contribution >= 4 is 17.3 Å². The van der Waals surface area contributed by atoms with Crippen LogP contribution in [0.1, 0.15) is 10.4 Å². The molecule has 2 aromatic rings. The van der Waals surface area contributed by atoms with Crippen LogP contribution in [-0.4, -0.2) is 44.0 Å². The maximum absolute atomic E-state index is 12.5. The van der Waals surface area contributed by atoms with Gasteiger partial charge < -0.3 is 15.6 Å². The smallest absolute Gasteiger partial charge is 0.253 e. The molecule has 1 saturated heterocycles. The fourth-order valence-corrected chi connectivity index (χ4v) is 3.17. The van der Waals surface area contributed by atoms with Gasteiger partial charge in [0.15, 0.2) is 0 Å². The highest BCUT2D eigenvalue weighted by Gasteiger charge is 2.18. The molecule has 0 bridgehead atoms. The largest absolute Gasteiger partial charge is 0.336 e. The summed E-state index contributed by atoms with van der Waals surface area (Å²) in [5.74, 6) is 0.115. The zero-order valence-corrected chi connectivity index (χ0v) is 13.7. The van der Waals surface area contributed by atoms with Gasteiger partial charge in [-0.05, 0) is 35.4 Å².